The predicted octanol–water partition coefficient (Wildman–Crippen LogP) is 2.97. The van der Waals surface area contributed by atoms with E-state index in [4.69, 9.17) is 22.7 Å². The van der Waals surface area contributed by atoms with E-state index in [1.165, 1.54) is 0 Å². The number of nitrogens with zero attached hydrogens (tertiary/aromatic N) is 1. The van der Waals surface area contributed by atoms with E-state index in [9.17, 15) is 0 Å². The van der Waals surface area contributed by atoms with Crippen molar-refractivity contribution in [3.63, 3.8) is 0 Å². The molecule has 0 radical (unpaired) electrons. The third kappa shape index (κ3) is 3.27. The molecule has 104 valence electrons. The fourth-order valence-corrected chi connectivity index (χ4v) is 2.28. The lowest BCUT2D eigenvalue weighted by Gasteiger charge is -2.21. The molecule has 3 nitrogen and oxygen atoms in total. The van der Waals surface area contributed by atoms with E-state index >= 15 is 0 Å². The van der Waals surface area contributed by atoms with Crippen molar-refractivity contribution in [1.29, 1.82) is 0 Å². The molecular formula is C16H18N2OS. The van der Waals surface area contributed by atoms with Gasteiger partial charge in [0.1, 0.15) is 10.7 Å². The monoisotopic (exact) mass is 286 g/mol. The Labute approximate surface area is 125 Å². The van der Waals surface area contributed by atoms with E-state index in [-0.39, 0.29) is 0 Å². The topological polar surface area (TPSA) is 38.5 Å². The number of hydrogen-bond acceptors (Lipinski definition) is 3. The summed E-state index contributed by atoms with van der Waals surface area (Å²) in [6.07, 6.45) is 0. The van der Waals surface area contributed by atoms with Crippen molar-refractivity contribution in [3.8, 4) is 5.75 Å². The van der Waals surface area contributed by atoms with Gasteiger partial charge in [0, 0.05) is 24.8 Å². The van der Waals surface area contributed by atoms with Gasteiger partial charge in [-0.15, -0.1) is 0 Å². The van der Waals surface area contributed by atoms with E-state index in [1.807, 2.05) is 49.5 Å². The molecule has 0 atom stereocenters. The summed E-state index contributed by atoms with van der Waals surface area (Å²) in [7, 11) is 3.70. The molecule has 2 aromatic rings. The maximum Gasteiger partial charge on any atom is 0.119 e. The Bertz CT molecular complexity index is 596. The third-order valence-electron chi connectivity index (χ3n) is 3.20. The highest BCUT2D eigenvalue weighted by molar-refractivity contribution is 7.80. The van der Waals surface area contributed by atoms with Gasteiger partial charge >= 0.3 is 0 Å². The standard InChI is InChI=1S/C16H18N2OS/c1-18(13-7-9-14(19-2)10-8-13)11-12-5-3-4-6-15(12)16(17)20/h3-10H,11H2,1-2H3,(H2,17,20). The molecule has 0 spiro atoms. The largest absolute Gasteiger partial charge is 0.497 e. The van der Waals surface area contributed by atoms with Gasteiger partial charge in [-0.1, -0.05) is 36.5 Å². The maximum atomic E-state index is 5.76. The van der Waals surface area contributed by atoms with Crippen LogP contribution in [-0.4, -0.2) is 19.1 Å². The van der Waals surface area contributed by atoms with Crippen molar-refractivity contribution in [1.82, 2.24) is 0 Å². The van der Waals surface area contributed by atoms with Gasteiger partial charge in [0.2, 0.25) is 0 Å². The molecule has 0 aliphatic heterocycles. The molecule has 0 amide bonds. The third-order valence-corrected chi connectivity index (χ3v) is 3.42. The average molecular weight is 286 g/mol. The second kappa shape index (κ2) is 6.39. The van der Waals surface area contributed by atoms with Crippen molar-refractivity contribution >= 4 is 22.9 Å². The predicted molar refractivity (Wildman–Crippen MR) is 87.4 cm³/mol. The Kier molecular flexibility index (Phi) is 4.58. The van der Waals surface area contributed by atoms with Crippen LogP contribution in [0.4, 0.5) is 5.69 Å². The van der Waals surface area contributed by atoms with E-state index < -0.39 is 0 Å². The Morgan fingerprint density at radius 2 is 1.80 bits per heavy atom. The molecule has 2 aromatic carbocycles. The molecule has 0 fully saturated rings. The summed E-state index contributed by atoms with van der Waals surface area (Å²) < 4.78 is 5.17. The van der Waals surface area contributed by atoms with Crippen molar-refractivity contribution in [3.05, 3.63) is 59.7 Å². The summed E-state index contributed by atoms with van der Waals surface area (Å²) in [6, 6.07) is 15.9. The van der Waals surface area contributed by atoms with E-state index in [0.29, 0.717) is 4.99 Å². The van der Waals surface area contributed by atoms with Crippen molar-refractivity contribution in [2.45, 2.75) is 6.54 Å². The molecule has 20 heavy (non-hydrogen) atoms. The molecule has 0 aliphatic rings. The van der Waals surface area contributed by atoms with Crippen LogP contribution in [0.1, 0.15) is 11.1 Å². The van der Waals surface area contributed by atoms with Crippen LogP contribution in [0.5, 0.6) is 5.75 Å². The Morgan fingerprint density at radius 3 is 2.40 bits per heavy atom. The van der Waals surface area contributed by atoms with Crippen molar-refractivity contribution in [2.24, 2.45) is 5.73 Å². The number of hydrogen-bond donors (Lipinski definition) is 1. The van der Waals surface area contributed by atoms with Crippen LogP contribution in [0, 0.1) is 0 Å². The summed E-state index contributed by atoms with van der Waals surface area (Å²) in [5.74, 6) is 0.852. The molecule has 0 saturated heterocycles. The molecule has 2 rings (SSSR count). The zero-order valence-corrected chi connectivity index (χ0v) is 12.5. The van der Waals surface area contributed by atoms with Gasteiger partial charge in [0.15, 0.2) is 0 Å². The normalized spacial score (nSPS) is 10.1. The van der Waals surface area contributed by atoms with Crippen LogP contribution in [0.25, 0.3) is 0 Å². The summed E-state index contributed by atoms with van der Waals surface area (Å²) in [5, 5.41) is 0. The first-order valence-corrected chi connectivity index (χ1v) is 6.75. The van der Waals surface area contributed by atoms with E-state index in [2.05, 4.69) is 11.0 Å². The first-order chi connectivity index (χ1) is 9.61. The summed E-state index contributed by atoms with van der Waals surface area (Å²) in [4.78, 5) is 2.58. The number of thiocarbonyl (C=S) groups is 1. The molecule has 0 heterocycles. The van der Waals surface area contributed by atoms with Gasteiger partial charge in [0.25, 0.3) is 0 Å². The van der Waals surface area contributed by atoms with Gasteiger partial charge in [-0.25, -0.2) is 0 Å². The zero-order valence-electron chi connectivity index (χ0n) is 11.7. The Morgan fingerprint density at radius 1 is 1.15 bits per heavy atom. The minimum Gasteiger partial charge on any atom is -0.497 e. The Balaban J connectivity index is 2.18. The summed E-state index contributed by atoms with van der Waals surface area (Å²) in [6.45, 7) is 0.750. The number of rotatable bonds is 5. The fraction of sp³-hybridized carbons (Fsp3) is 0.188. The number of methoxy groups -OCH3 is 1. The van der Waals surface area contributed by atoms with Gasteiger partial charge < -0.3 is 15.4 Å². The first kappa shape index (κ1) is 14.3. The molecule has 0 unspecified atom stereocenters. The lowest BCUT2D eigenvalue weighted by atomic mass is 10.1. The Hall–Kier alpha value is -2.07. The molecular weight excluding hydrogens is 268 g/mol. The van der Waals surface area contributed by atoms with Crippen LogP contribution >= 0.6 is 12.2 Å². The molecule has 0 aliphatic carbocycles. The van der Waals surface area contributed by atoms with E-state index in [0.717, 1.165) is 29.1 Å². The SMILES string of the molecule is COc1ccc(N(C)Cc2ccccc2C(N)=S)cc1. The van der Waals surface area contributed by atoms with Crippen LogP contribution in [0.2, 0.25) is 0 Å². The number of benzene rings is 2. The smallest absolute Gasteiger partial charge is 0.119 e. The zero-order chi connectivity index (χ0) is 14.5. The quantitative estimate of drug-likeness (QED) is 0.858. The van der Waals surface area contributed by atoms with Crippen LogP contribution in [0.3, 0.4) is 0 Å². The van der Waals surface area contributed by atoms with Crippen LogP contribution in [0.15, 0.2) is 48.5 Å². The highest BCUT2D eigenvalue weighted by Crippen LogP contribution is 2.20. The van der Waals surface area contributed by atoms with E-state index in [1.54, 1.807) is 7.11 Å². The fourth-order valence-electron chi connectivity index (χ4n) is 2.08. The van der Waals surface area contributed by atoms with Gasteiger partial charge in [-0.2, -0.15) is 0 Å². The lowest BCUT2D eigenvalue weighted by Crippen LogP contribution is -2.20. The molecule has 0 saturated carbocycles. The molecule has 0 aromatic heterocycles. The first-order valence-electron chi connectivity index (χ1n) is 6.34. The van der Waals surface area contributed by atoms with Crippen molar-refractivity contribution in [2.75, 3.05) is 19.1 Å². The minimum atomic E-state index is 0.434. The minimum absolute atomic E-state index is 0.434. The average Bonchev–Trinajstić information content (AvgIpc) is 2.47. The number of anilines is 1. The highest BCUT2D eigenvalue weighted by Gasteiger charge is 2.08. The lowest BCUT2D eigenvalue weighted by molar-refractivity contribution is 0.415. The molecule has 2 N–H and O–H groups in total. The molecule has 0 bridgehead atoms. The number of ether oxygens (including phenoxy) is 1. The van der Waals surface area contributed by atoms with Gasteiger partial charge in [-0.3, -0.25) is 0 Å². The molecule has 4 heteroatoms. The number of nitrogens with two attached hydrogens (primary N) is 1. The highest BCUT2D eigenvalue weighted by atomic mass is 32.1. The van der Waals surface area contributed by atoms with Gasteiger partial charge in [0.05, 0.1) is 7.11 Å². The second-order valence-corrected chi connectivity index (χ2v) is 5.02. The summed E-state index contributed by atoms with van der Waals surface area (Å²) in [5.41, 5.74) is 8.93. The van der Waals surface area contributed by atoms with Crippen molar-refractivity contribution < 1.29 is 4.74 Å². The maximum absolute atomic E-state index is 5.76. The second-order valence-electron chi connectivity index (χ2n) is 4.58. The van der Waals surface area contributed by atoms with Gasteiger partial charge in [-0.05, 0) is 29.8 Å². The van der Waals surface area contributed by atoms with Crippen LogP contribution < -0.4 is 15.4 Å². The van der Waals surface area contributed by atoms with Crippen LogP contribution in [-0.2, 0) is 6.54 Å². The summed E-state index contributed by atoms with van der Waals surface area (Å²) >= 11 is 5.09.